The highest BCUT2D eigenvalue weighted by Crippen LogP contribution is 2.37. The molecule has 0 atom stereocenters. The summed E-state index contributed by atoms with van der Waals surface area (Å²) in [7, 11) is 0. The molecule has 3 N–H and O–H groups in total. The van der Waals surface area contributed by atoms with E-state index in [9.17, 15) is 4.79 Å². The van der Waals surface area contributed by atoms with E-state index in [1.54, 1.807) is 0 Å². The van der Waals surface area contributed by atoms with Crippen molar-refractivity contribution in [3.05, 3.63) is 22.7 Å². The van der Waals surface area contributed by atoms with E-state index in [1.165, 1.54) is 12.4 Å². The number of nitrogens with zero attached hydrogens (tertiary/aromatic N) is 1. The zero-order valence-electron chi connectivity index (χ0n) is 7.08. The number of aromatic amines is 1. The van der Waals surface area contributed by atoms with Crippen LogP contribution in [0, 0.1) is 0 Å². The third-order valence-corrected chi connectivity index (χ3v) is 2.23. The second-order valence-electron chi connectivity index (χ2n) is 3.36. The van der Waals surface area contributed by atoms with Crippen LogP contribution in [0.25, 0.3) is 0 Å². The Morgan fingerprint density at radius 3 is 3.00 bits per heavy atom. The van der Waals surface area contributed by atoms with Gasteiger partial charge in [-0.15, -0.1) is 0 Å². The maximum absolute atomic E-state index is 10.9. The van der Waals surface area contributed by atoms with Crippen LogP contribution < -0.4 is 10.9 Å². The number of rotatable bonds is 3. The number of aliphatic hydroxyl groups is 1. The first kappa shape index (κ1) is 8.25. The Kier molecular flexibility index (Phi) is 1.81. The van der Waals surface area contributed by atoms with E-state index < -0.39 is 0 Å². The zero-order chi connectivity index (χ0) is 9.31. The lowest BCUT2D eigenvalue weighted by Gasteiger charge is -2.13. The fourth-order valence-corrected chi connectivity index (χ4v) is 1.18. The topological polar surface area (TPSA) is 78.0 Å². The van der Waals surface area contributed by atoms with E-state index in [1.807, 2.05) is 0 Å². The van der Waals surface area contributed by atoms with Crippen molar-refractivity contribution in [2.24, 2.45) is 0 Å². The average Bonchev–Trinajstić information content (AvgIpc) is 2.86. The Morgan fingerprint density at radius 2 is 2.46 bits per heavy atom. The molecule has 1 saturated carbocycles. The number of hydrogen-bond donors (Lipinski definition) is 3. The summed E-state index contributed by atoms with van der Waals surface area (Å²) in [5.74, 6) is 0.523. The average molecular weight is 181 g/mol. The summed E-state index contributed by atoms with van der Waals surface area (Å²) >= 11 is 0. The van der Waals surface area contributed by atoms with E-state index in [0.29, 0.717) is 5.82 Å². The van der Waals surface area contributed by atoms with Crippen LogP contribution in [-0.2, 0) is 0 Å². The van der Waals surface area contributed by atoms with Gasteiger partial charge in [-0.25, -0.2) is 4.98 Å². The van der Waals surface area contributed by atoms with Gasteiger partial charge in [0.1, 0.15) is 5.82 Å². The summed E-state index contributed by atoms with van der Waals surface area (Å²) in [5.41, 5.74) is -0.410. The Balaban J connectivity index is 2.14. The van der Waals surface area contributed by atoms with Crippen molar-refractivity contribution in [1.29, 1.82) is 0 Å². The molecule has 5 heteroatoms. The Bertz CT molecular complexity index is 356. The molecule has 0 unspecified atom stereocenters. The van der Waals surface area contributed by atoms with Gasteiger partial charge in [-0.3, -0.25) is 4.79 Å². The number of aromatic nitrogens is 2. The van der Waals surface area contributed by atoms with Gasteiger partial charge < -0.3 is 15.4 Å². The molecule has 1 aromatic heterocycles. The van der Waals surface area contributed by atoms with Crippen LogP contribution in [0.4, 0.5) is 5.82 Å². The van der Waals surface area contributed by atoms with Gasteiger partial charge in [-0.05, 0) is 12.8 Å². The smallest absolute Gasteiger partial charge is 0.252 e. The highest BCUT2D eigenvalue weighted by Gasteiger charge is 2.42. The van der Waals surface area contributed by atoms with Gasteiger partial charge >= 0.3 is 0 Å². The highest BCUT2D eigenvalue weighted by atomic mass is 16.3. The van der Waals surface area contributed by atoms with E-state index >= 15 is 0 Å². The summed E-state index contributed by atoms with van der Waals surface area (Å²) in [4.78, 5) is 17.2. The number of H-pyrrole nitrogens is 1. The van der Waals surface area contributed by atoms with Crippen molar-refractivity contribution >= 4 is 5.82 Å². The fourth-order valence-electron chi connectivity index (χ4n) is 1.18. The molecule has 0 radical (unpaired) electrons. The van der Waals surface area contributed by atoms with Crippen LogP contribution in [-0.4, -0.2) is 27.2 Å². The molecule has 13 heavy (non-hydrogen) atoms. The van der Waals surface area contributed by atoms with Gasteiger partial charge in [-0.1, -0.05) is 0 Å². The maximum atomic E-state index is 10.9. The number of anilines is 1. The molecule has 5 nitrogen and oxygen atoms in total. The molecule has 0 spiro atoms. The minimum Gasteiger partial charge on any atom is -0.394 e. The van der Waals surface area contributed by atoms with Crippen molar-refractivity contribution in [1.82, 2.24) is 9.97 Å². The summed E-state index contributed by atoms with van der Waals surface area (Å²) < 4.78 is 0. The predicted octanol–water partition coefficient (Wildman–Crippen LogP) is -0.293. The van der Waals surface area contributed by atoms with Gasteiger partial charge in [-0.2, -0.15) is 0 Å². The Morgan fingerprint density at radius 1 is 1.69 bits per heavy atom. The first-order valence-corrected chi connectivity index (χ1v) is 4.18. The SMILES string of the molecule is O=c1cc(NC2(CO)CC2)nc[nH]1. The molecule has 0 saturated heterocycles. The van der Waals surface area contributed by atoms with E-state index in [4.69, 9.17) is 5.11 Å². The van der Waals surface area contributed by atoms with Gasteiger partial charge in [0, 0.05) is 6.07 Å². The third kappa shape index (κ3) is 1.70. The lowest BCUT2D eigenvalue weighted by Crippen LogP contribution is -2.27. The normalized spacial score (nSPS) is 18.2. The fraction of sp³-hybridized carbons (Fsp3) is 0.500. The van der Waals surface area contributed by atoms with Crippen LogP contribution in [0.2, 0.25) is 0 Å². The first-order chi connectivity index (χ1) is 6.24. The Hall–Kier alpha value is -1.36. The van der Waals surface area contributed by atoms with Gasteiger partial charge in [0.2, 0.25) is 0 Å². The first-order valence-electron chi connectivity index (χ1n) is 4.18. The standard InChI is InChI=1S/C8H11N3O2/c12-4-8(1-2-8)11-6-3-7(13)10-5-9-6/h3,5,12H,1-2,4H2,(H2,9,10,11,13). The number of nitrogens with one attached hydrogen (secondary N) is 2. The number of hydrogen-bond acceptors (Lipinski definition) is 4. The molecule has 2 rings (SSSR count). The van der Waals surface area contributed by atoms with Crippen molar-refractivity contribution < 1.29 is 5.11 Å². The Labute approximate surface area is 74.8 Å². The third-order valence-electron chi connectivity index (χ3n) is 2.23. The largest absolute Gasteiger partial charge is 0.394 e. The molecular weight excluding hydrogens is 170 g/mol. The van der Waals surface area contributed by atoms with Crippen molar-refractivity contribution in [3.8, 4) is 0 Å². The van der Waals surface area contributed by atoms with Gasteiger partial charge in [0.05, 0.1) is 18.5 Å². The number of aliphatic hydroxyl groups excluding tert-OH is 1. The highest BCUT2D eigenvalue weighted by molar-refractivity contribution is 5.38. The predicted molar refractivity (Wildman–Crippen MR) is 47.5 cm³/mol. The summed E-state index contributed by atoms with van der Waals surface area (Å²) in [6.07, 6.45) is 3.20. The lowest BCUT2D eigenvalue weighted by molar-refractivity contribution is 0.266. The second-order valence-corrected chi connectivity index (χ2v) is 3.36. The van der Waals surface area contributed by atoms with E-state index in [2.05, 4.69) is 15.3 Å². The van der Waals surface area contributed by atoms with Gasteiger partial charge in [0.25, 0.3) is 5.56 Å². The van der Waals surface area contributed by atoms with Crippen LogP contribution in [0.5, 0.6) is 0 Å². The maximum Gasteiger partial charge on any atom is 0.252 e. The molecule has 0 aromatic carbocycles. The van der Waals surface area contributed by atoms with E-state index in [-0.39, 0.29) is 17.7 Å². The second kappa shape index (κ2) is 2.85. The molecule has 70 valence electrons. The zero-order valence-corrected chi connectivity index (χ0v) is 7.08. The van der Waals surface area contributed by atoms with Crippen LogP contribution in [0.1, 0.15) is 12.8 Å². The lowest BCUT2D eigenvalue weighted by atomic mass is 10.3. The molecule has 0 aliphatic heterocycles. The van der Waals surface area contributed by atoms with Crippen molar-refractivity contribution in [2.45, 2.75) is 18.4 Å². The van der Waals surface area contributed by atoms with Crippen LogP contribution in [0.15, 0.2) is 17.2 Å². The molecule has 1 heterocycles. The molecule has 1 fully saturated rings. The summed E-state index contributed by atoms with van der Waals surface area (Å²) in [6.45, 7) is 0.0848. The van der Waals surface area contributed by atoms with Crippen LogP contribution in [0.3, 0.4) is 0 Å². The minimum absolute atomic E-state index is 0.0848. The molecule has 1 aliphatic carbocycles. The monoisotopic (exact) mass is 181 g/mol. The van der Waals surface area contributed by atoms with Crippen LogP contribution >= 0.6 is 0 Å². The molecule has 1 aromatic rings. The van der Waals surface area contributed by atoms with Gasteiger partial charge in [0.15, 0.2) is 0 Å². The molecule has 0 bridgehead atoms. The van der Waals surface area contributed by atoms with Crippen molar-refractivity contribution in [2.75, 3.05) is 11.9 Å². The summed E-state index contributed by atoms with van der Waals surface area (Å²) in [6, 6.07) is 1.38. The van der Waals surface area contributed by atoms with E-state index in [0.717, 1.165) is 12.8 Å². The van der Waals surface area contributed by atoms with Crippen molar-refractivity contribution in [3.63, 3.8) is 0 Å². The molecular formula is C8H11N3O2. The quantitative estimate of drug-likeness (QED) is 0.598. The molecule has 1 aliphatic rings. The minimum atomic E-state index is -0.221. The summed E-state index contributed by atoms with van der Waals surface area (Å²) in [5, 5.41) is 12.0. The molecule has 0 amide bonds.